The van der Waals surface area contributed by atoms with Crippen LogP contribution >= 0.6 is 0 Å². The van der Waals surface area contributed by atoms with Gasteiger partial charge in [-0.3, -0.25) is 9.98 Å². The van der Waals surface area contributed by atoms with E-state index in [9.17, 15) is 0 Å². The smallest absolute Gasteiger partial charge is 0.182 e. The number of pyridine rings is 1. The molecule has 8 nitrogen and oxygen atoms in total. The van der Waals surface area contributed by atoms with Gasteiger partial charge in [0.15, 0.2) is 34.9 Å². The Bertz CT molecular complexity index is 2260. The Morgan fingerprint density at radius 2 is 1.12 bits per heavy atom. The number of allylic oxidation sites excluding steroid dienone is 7. The van der Waals surface area contributed by atoms with Gasteiger partial charge in [0.05, 0.1) is 0 Å². The predicted molar refractivity (Wildman–Crippen MR) is 228 cm³/mol. The van der Waals surface area contributed by atoms with Gasteiger partial charge in [0.25, 0.3) is 0 Å². The third-order valence-corrected chi connectivity index (χ3v) is 10.0. The molecule has 1 fully saturated rings. The van der Waals surface area contributed by atoms with E-state index in [0.717, 1.165) is 53.5 Å². The Balaban J connectivity index is 1.26. The van der Waals surface area contributed by atoms with Crippen molar-refractivity contribution in [2.45, 2.75) is 51.4 Å². The van der Waals surface area contributed by atoms with E-state index >= 15 is 0 Å². The summed E-state index contributed by atoms with van der Waals surface area (Å²) in [6, 6.07) is 31.4. The normalized spacial score (nSPS) is 14.6. The van der Waals surface area contributed by atoms with Crippen molar-refractivity contribution in [3.63, 3.8) is 0 Å². The number of nitrogens with zero attached hydrogens (tertiary/aromatic N) is 8. The maximum absolute atomic E-state index is 4.94. The van der Waals surface area contributed by atoms with Crippen molar-refractivity contribution >= 4 is 11.3 Å². The Labute approximate surface area is 329 Å². The molecule has 0 atom stereocenters. The Morgan fingerprint density at radius 1 is 0.589 bits per heavy atom. The average molecular weight is 733 g/mol. The van der Waals surface area contributed by atoms with Gasteiger partial charge in [-0.25, -0.2) is 29.9 Å². The van der Waals surface area contributed by atoms with Crippen LogP contribution in [0.3, 0.4) is 0 Å². The monoisotopic (exact) mass is 732 g/mol. The Hall–Kier alpha value is -6.80. The molecule has 3 aromatic carbocycles. The molecule has 3 aromatic heterocycles. The Morgan fingerprint density at radius 3 is 1.64 bits per heavy atom. The molecule has 0 N–H and O–H groups in total. The lowest BCUT2D eigenvalue weighted by Crippen LogP contribution is -2.30. The van der Waals surface area contributed by atoms with Gasteiger partial charge in [0.2, 0.25) is 0 Å². The van der Waals surface area contributed by atoms with Crippen LogP contribution in [0.5, 0.6) is 0 Å². The van der Waals surface area contributed by atoms with Gasteiger partial charge in [-0.05, 0) is 56.0 Å². The molecule has 0 radical (unpaired) electrons. The fourth-order valence-corrected chi connectivity index (χ4v) is 7.31. The minimum Gasteiger partial charge on any atom is -0.264 e. The van der Waals surface area contributed by atoms with Crippen molar-refractivity contribution in [3.05, 3.63) is 182 Å². The van der Waals surface area contributed by atoms with Crippen LogP contribution in [0.4, 0.5) is 0 Å². The summed E-state index contributed by atoms with van der Waals surface area (Å²) in [5.41, 5.74) is 7.45. The van der Waals surface area contributed by atoms with Gasteiger partial charge in [0.1, 0.15) is 5.71 Å². The highest BCUT2D eigenvalue weighted by Gasteiger charge is 2.36. The molecule has 56 heavy (non-hydrogen) atoms. The molecule has 1 aliphatic carbocycles. The third-order valence-electron chi connectivity index (χ3n) is 10.0. The zero-order valence-corrected chi connectivity index (χ0v) is 31.9. The summed E-state index contributed by atoms with van der Waals surface area (Å²) in [6.45, 7) is 11.6. The van der Waals surface area contributed by atoms with E-state index in [-0.39, 0.29) is 5.41 Å². The standard InChI is InChI=1S/C48H44N8/c1-5-16-34(17-6-2)42-51-44(54-46(53-42)38-21-15-32-49-33-38)36-22-26-39(27-23-36)48(30-13-10-14-31-48)40-28-24-37(25-29-40)45-52-43(35-19-11-9-12-20-35)55-47(56-45)41(18-7-3)50-8-4/h5-9,11-12,15-29,32-33H,1,4,10,13-14,30-31H2,2-3H3/b17-6-,18-7-,34-16+,50-41?. The van der Waals surface area contributed by atoms with Crippen LogP contribution in [0.15, 0.2) is 164 Å². The number of aromatic nitrogens is 7. The summed E-state index contributed by atoms with van der Waals surface area (Å²) < 4.78 is 0. The first-order valence-electron chi connectivity index (χ1n) is 19.0. The fraction of sp³-hybridized carbons (Fsp3) is 0.167. The zero-order valence-electron chi connectivity index (χ0n) is 31.9. The van der Waals surface area contributed by atoms with Crippen LogP contribution in [-0.4, -0.2) is 40.6 Å². The lowest BCUT2D eigenvalue weighted by atomic mass is 9.65. The van der Waals surface area contributed by atoms with Crippen molar-refractivity contribution in [2.75, 3.05) is 0 Å². The van der Waals surface area contributed by atoms with Crippen LogP contribution in [0, 0.1) is 0 Å². The molecule has 0 bridgehead atoms. The second kappa shape index (κ2) is 17.6. The van der Waals surface area contributed by atoms with Crippen molar-refractivity contribution in [3.8, 4) is 45.6 Å². The summed E-state index contributed by atoms with van der Waals surface area (Å²) in [5, 5.41) is 0. The van der Waals surface area contributed by atoms with E-state index in [1.807, 2.05) is 86.7 Å². The number of aliphatic imine (C=N–C) groups is 1. The second-order valence-corrected chi connectivity index (χ2v) is 13.6. The van der Waals surface area contributed by atoms with Gasteiger partial charge < -0.3 is 0 Å². The van der Waals surface area contributed by atoms with Crippen LogP contribution < -0.4 is 0 Å². The van der Waals surface area contributed by atoms with Crippen molar-refractivity contribution < 1.29 is 0 Å². The number of benzene rings is 3. The third kappa shape index (κ3) is 8.15. The average Bonchev–Trinajstić information content (AvgIpc) is 3.27. The molecule has 0 aliphatic heterocycles. The molecule has 0 saturated heterocycles. The van der Waals surface area contributed by atoms with Crippen molar-refractivity contribution in [1.82, 2.24) is 34.9 Å². The molecule has 1 aliphatic rings. The van der Waals surface area contributed by atoms with Gasteiger partial charge >= 0.3 is 0 Å². The largest absolute Gasteiger partial charge is 0.264 e. The number of rotatable bonds is 12. The first-order valence-corrected chi connectivity index (χ1v) is 19.0. The van der Waals surface area contributed by atoms with Gasteiger partial charge in [-0.15, -0.1) is 0 Å². The lowest BCUT2D eigenvalue weighted by molar-refractivity contribution is 0.346. The molecular weight excluding hydrogens is 689 g/mol. The van der Waals surface area contributed by atoms with E-state index in [1.165, 1.54) is 23.7 Å². The van der Waals surface area contributed by atoms with Gasteiger partial charge in [0, 0.05) is 51.8 Å². The summed E-state index contributed by atoms with van der Waals surface area (Å²) in [5.74, 6) is 3.42. The molecule has 6 aromatic rings. The van der Waals surface area contributed by atoms with E-state index < -0.39 is 0 Å². The second-order valence-electron chi connectivity index (χ2n) is 13.6. The summed E-state index contributed by atoms with van der Waals surface area (Å²) in [7, 11) is 0. The first-order chi connectivity index (χ1) is 27.5. The quantitative estimate of drug-likeness (QED) is 0.0911. The Kier molecular flexibility index (Phi) is 11.8. The maximum atomic E-state index is 4.94. The predicted octanol–water partition coefficient (Wildman–Crippen LogP) is 11.0. The highest BCUT2D eigenvalue weighted by molar-refractivity contribution is 6.06. The summed E-state index contributed by atoms with van der Waals surface area (Å²) >= 11 is 0. The molecule has 1 saturated carbocycles. The van der Waals surface area contributed by atoms with Crippen LogP contribution in [-0.2, 0) is 5.41 Å². The molecular formula is C48H44N8. The lowest BCUT2D eigenvalue weighted by Gasteiger charge is -2.39. The fourth-order valence-electron chi connectivity index (χ4n) is 7.31. The number of hydrogen-bond donors (Lipinski definition) is 0. The SMILES string of the molecule is C=C/C=C(\C=C/C)c1nc(-c2ccc(C3(c4ccc(-c5nc(C(/C=C\C)=NC=C)nc(-c6ccccc6)n5)cc4)CCCCC3)cc2)nc(-c2cccnc2)n1. The number of hydrogen-bond acceptors (Lipinski definition) is 8. The highest BCUT2D eigenvalue weighted by Crippen LogP contribution is 2.45. The van der Waals surface area contributed by atoms with Crippen molar-refractivity contribution in [2.24, 2.45) is 4.99 Å². The van der Waals surface area contributed by atoms with E-state index in [2.05, 4.69) is 71.7 Å². The van der Waals surface area contributed by atoms with Gasteiger partial charge in [-0.2, -0.15) is 0 Å². The molecule has 0 unspecified atom stereocenters. The van der Waals surface area contributed by atoms with E-state index in [0.29, 0.717) is 40.7 Å². The minimum atomic E-state index is -0.138. The van der Waals surface area contributed by atoms with E-state index in [4.69, 9.17) is 29.9 Å². The maximum Gasteiger partial charge on any atom is 0.182 e. The molecule has 3 heterocycles. The van der Waals surface area contributed by atoms with E-state index in [1.54, 1.807) is 18.5 Å². The molecule has 8 heteroatoms. The zero-order chi connectivity index (χ0) is 38.7. The minimum absolute atomic E-state index is 0.138. The summed E-state index contributed by atoms with van der Waals surface area (Å²) in [4.78, 5) is 38.1. The molecule has 0 spiro atoms. The molecule has 276 valence electrons. The summed E-state index contributed by atoms with van der Waals surface area (Å²) in [6.07, 6.45) is 22.1. The topological polar surface area (TPSA) is 103 Å². The van der Waals surface area contributed by atoms with Crippen LogP contribution in [0.25, 0.3) is 51.1 Å². The van der Waals surface area contributed by atoms with Gasteiger partial charge in [-0.1, -0.05) is 142 Å². The molecule has 0 amide bonds. The first kappa shape index (κ1) is 37.5. The van der Waals surface area contributed by atoms with Crippen LogP contribution in [0.1, 0.15) is 68.7 Å². The van der Waals surface area contributed by atoms with Crippen LogP contribution in [0.2, 0.25) is 0 Å². The molecule has 7 rings (SSSR count). The highest BCUT2D eigenvalue weighted by atomic mass is 15.1. The van der Waals surface area contributed by atoms with Crippen molar-refractivity contribution in [1.29, 1.82) is 0 Å².